The molecule has 0 saturated heterocycles. The Morgan fingerprint density at radius 2 is 1.71 bits per heavy atom. The van der Waals surface area contributed by atoms with Gasteiger partial charge in [0, 0.05) is 18.5 Å². The molecule has 0 fully saturated rings. The standard InChI is InChI=1S/C31H30FN5O5/c1-31(2,3)42-30(40)34-14-26(38)41-17-21-8-10-22(32)13-23(21)18-9-11-25-24(12-18)27(36-29(33)35-25)28(39)37-15-19-6-4-5-7-20(19)16-37/h4-13H,14-17H2,1-3H3,(H,34,40)(H2,33,35,36). The maximum atomic E-state index is 14.4. The van der Waals surface area contributed by atoms with Gasteiger partial charge in [-0.05, 0) is 72.9 Å². The molecule has 1 aliphatic rings. The fourth-order valence-corrected chi connectivity index (χ4v) is 4.71. The normalized spacial score (nSPS) is 12.6. The number of benzene rings is 3. The van der Waals surface area contributed by atoms with Crippen LogP contribution in [0.2, 0.25) is 0 Å². The van der Waals surface area contributed by atoms with Crippen LogP contribution in [0.5, 0.6) is 0 Å². The van der Waals surface area contributed by atoms with Crippen molar-refractivity contribution < 1.29 is 28.2 Å². The number of alkyl carbamates (subject to hydrolysis) is 1. The molecule has 3 aromatic carbocycles. The van der Waals surface area contributed by atoms with E-state index in [9.17, 15) is 18.8 Å². The molecule has 3 N–H and O–H groups in total. The molecule has 0 bridgehead atoms. The first-order chi connectivity index (χ1) is 20.0. The molecule has 4 aromatic rings. The number of carbonyl (C=O) groups excluding carboxylic acids is 3. The molecule has 5 rings (SSSR count). The zero-order chi connectivity index (χ0) is 30.0. The number of hydrogen-bond donors (Lipinski definition) is 2. The van der Waals surface area contributed by atoms with E-state index in [0.717, 1.165) is 11.1 Å². The van der Waals surface area contributed by atoms with Crippen LogP contribution in [0.1, 0.15) is 48.0 Å². The Kier molecular flexibility index (Phi) is 7.75. The lowest BCUT2D eigenvalue weighted by atomic mass is 9.97. The topological polar surface area (TPSA) is 137 Å². The zero-order valence-electron chi connectivity index (χ0n) is 23.4. The van der Waals surface area contributed by atoms with E-state index in [1.54, 1.807) is 43.9 Å². The molecular weight excluding hydrogens is 541 g/mol. The molecule has 2 heterocycles. The smallest absolute Gasteiger partial charge is 0.408 e. The summed E-state index contributed by atoms with van der Waals surface area (Å²) in [5.41, 5.74) is 9.51. The van der Waals surface area contributed by atoms with Crippen molar-refractivity contribution in [2.24, 2.45) is 0 Å². The molecule has 0 saturated carbocycles. The van der Waals surface area contributed by atoms with E-state index in [2.05, 4.69) is 15.3 Å². The Balaban J connectivity index is 1.39. The van der Waals surface area contributed by atoms with Crippen molar-refractivity contribution in [3.8, 4) is 11.1 Å². The van der Waals surface area contributed by atoms with Gasteiger partial charge in [0.15, 0.2) is 0 Å². The first kappa shape index (κ1) is 28.5. The number of nitrogens with zero attached hydrogens (tertiary/aromatic N) is 3. The lowest BCUT2D eigenvalue weighted by Crippen LogP contribution is -2.36. The number of halogens is 1. The molecule has 11 heteroatoms. The van der Waals surface area contributed by atoms with Gasteiger partial charge in [-0.1, -0.05) is 36.4 Å². The molecule has 10 nitrogen and oxygen atoms in total. The number of rotatable bonds is 6. The third-order valence-electron chi connectivity index (χ3n) is 6.59. The second-order valence-electron chi connectivity index (χ2n) is 10.9. The zero-order valence-corrected chi connectivity index (χ0v) is 23.4. The number of nitrogens with two attached hydrogens (primary N) is 1. The number of ether oxygens (including phenoxy) is 2. The van der Waals surface area contributed by atoms with E-state index in [4.69, 9.17) is 15.2 Å². The number of nitrogens with one attached hydrogen (secondary N) is 1. The van der Waals surface area contributed by atoms with Gasteiger partial charge in [0.1, 0.15) is 30.3 Å². The van der Waals surface area contributed by atoms with Crippen LogP contribution in [0.3, 0.4) is 0 Å². The van der Waals surface area contributed by atoms with Crippen LogP contribution in [-0.2, 0) is 34.0 Å². The second-order valence-corrected chi connectivity index (χ2v) is 10.9. The molecule has 0 atom stereocenters. The van der Waals surface area contributed by atoms with Crippen molar-refractivity contribution in [1.29, 1.82) is 0 Å². The number of fused-ring (bicyclic) bond motifs is 2. The van der Waals surface area contributed by atoms with Crippen LogP contribution < -0.4 is 11.1 Å². The number of carbonyl (C=O) groups is 3. The van der Waals surface area contributed by atoms with Crippen LogP contribution in [0.4, 0.5) is 15.1 Å². The largest absolute Gasteiger partial charge is 0.459 e. The molecular formula is C31H30FN5O5. The van der Waals surface area contributed by atoms with Gasteiger partial charge in [0.25, 0.3) is 5.91 Å². The summed E-state index contributed by atoms with van der Waals surface area (Å²) in [5, 5.41) is 2.80. The lowest BCUT2D eigenvalue weighted by Gasteiger charge is -2.19. The van der Waals surface area contributed by atoms with Gasteiger partial charge >= 0.3 is 12.1 Å². The Labute approximate surface area is 241 Å². The van der Waals surface area contributed by atoms with E-state index in [1.807, 2.05) is 24.3 Å². The van der Waals surface area contributed by atoms with Gasteiger partial charge < -0.3 is 25.4 Å². The van der Waals surface area contributed by atoms with Crippen LogP contribution >= 0.6 is 0 Å². The van der Waals surface area contributed by atoms with Crippen LogP contribution in [0.15, 0.2) is 60.7 Å². The van der Waals surface area contributed by atoms with Gasteiger partial charge in [0.05, 0.1) is 5.52 Å². The summed E-state index contributed by atoms with van der Waals surface area (Å²) >= 11 is 0. The van der Waals surface area contributed by atoms with Crippen molar-refractivity contribution in [3.05, 3.63) is 88.9 Å². The molecule has 0 unspecified atom stereocenters. The van der Waals surface area contributed by atoms with Crippen molar-refractivity contribution in [3.63, 3.8) is 0 Å². The molecule has 1 aromatic heterocycles. The molecule has 216 valence electrons. The summed E-state index contributed by atoms with van der Waals surface area (Å²) in [6.45, 7) is 5.44. The minimum Gasteiger partial charge on any atom is -0.459 e. The van der Waals surface area contributed by atoms with E-state index < -0.39 is 30.0 Å². The predicted octanol–water partition coefficient (Wildman–Crippen LogP) is 4.74. The summed E-state index contributed by atoms with van der Waals surface area (Å²) in [6, 6.07) is 17.0. The minimum atomic E-state index is -0.746. The third-order valence-corrected chi connectivity index (χ3v) is 6.59. The van der Waals surface area contributed by atoms with Crippen molar-refractivity contribution in [1.82, 2.24) is 20.2 Å². The number of aromatic nitrogens is 2. The second kappa shape index (κ2) is 11.4. The molecule has 0 aliphatic carbocycles. The van der Waals surface area contributed by atoms with Crippen LogP contribution in [-0.4, -0.2) is 45.0 Å². The molecule has 0 radical (unpaired) electrons. The summed E-state index contributed by atoms with van der Waals surface area (Å²) in [7, 11) is 0. The summed E-state index contributed by atoms with van der Waals surface area (Å²) in [6.07, 6.45) is -0.746. The minimum absolute atomic E-state index is 0.0336. The maximum Gasteiger partial charge on any atom is 0.408 e. The highest BCUT2D eigenvalue weighted by molar-refractivity contribution is 6.06. The van der Waals surface area contributed by atoms with Crippen LogP contribution in [0.25, 0.3) is 22.0 Å². The average molecular weight is 572 g/mol. The molecule has 1 aliphatic heterocycles. The van der Waals surface area contributed by atoms with Crippen molar-refractivity contribution >= 4 is 34.8 Å². The Bertz CT molecular complexity index is 1680. The Morgan fingerprint density at radius 3 is 2.40 bits per heavy atom. The first-order valence-corrected chi connectivity index (χ1v) is 13.3. The summed E-state index contributed by atoms with van der Waals surface area (Å²) in [5.74, 6) is -1.52. The fraction of sp³-hybridized carbons (Fsp3) is 0.258. The van der Waals surface area contributed by atoms with E-state index in [-0.39, 0.29) is 24.2 Å². The number of amides is 2. The fourth-order valence-electron chi connectivity index (χ4n) is 4.71. The molecule has 2 amide bonds. The van der Waals surface area contributed by atoms with Gasteiger partial charge in [-0.2, -0.15) is 0 Å². The highest BCUT2D eigenvalue weighted by Gasteiger charge is 2.27. The summed E-state index contributed by atoms with van der Waals surface area (Å²) < 4.78 is 24.9. The lowest BCUT2D eigenvalue weighted by molar-refractivity contribution is -0.143. The van der Waals surface area contributed by atoms with Crippen molar-refractivity contribution in [2.75, 3.05) is 12.3 Å². The maximum absolute atomic E-state index is 14.4. The highest BCUT2D eigenvalue weighted by atomic mass is 19.1. The van der Waals surface area contributed by atoms with Gasteiger partial charge in [-0.15, -0.1) is 0 Å². The number of esters is 1. The number of anilines is 1. The monoisotopic (exact) mass is 571 g/mol. The van der Waals surface area contributed by atoms with E-state index >= 15 is 0 Å². The van der Waals surface area contributed by atoms with Gasteiger partial charge in [-0.25, -0.2) is 19.2 Å². The Morgan fingerprint density at radius 1 is 1.00 bits per heavy atom. The number of hydrogen-bond acceptors (Lipinski definition) is 8. The van der Waals surface area contributed by atoms with Crippen molar-refractivity contribution in [2.45, 2.75) is 46.1 Å². The van der Waals surface area contributed by atoms with E-state index in [1.165, 1.54) is 18.2 Å². The predicted molar refractivity (Wildman–Crippen MR) is 153 cm³/mol. The number of nitrogen functional groups attached to an aromatic ring is 1. The highest BCUT2D eigenvalue weighted by Crippen LogP contribution is 2.31. The molecule has 0 spiro atoms. The van der Waals surface area contributed by atoms with Crippen LogP contribution in [0, 0.1) is 5.82 Å². The first-order valence-electron chi connectivity index (χ1n) is 13.3. The summed E-state index contributed by atoms with van der Waals surface area (Å²) in [4.78, 5) is 48.0. The quantitative estimate of drug-likeness (QED) is 0.317. The molecule has 42 heavy (non-hydrogen) atoms. The third kappa shape index (κ3) is 6.46. The van der Waals surface area contributed by atoms with Gasteiger partial charge in [0.2, 0.25) is 5.95 Å². The Hall–Kier alpha value is -5.06. The van der Waals surface area contributed by atoms with Gasteiger partial charge in [-0.3, -0.25) is 9.59 Å². The average Bonchev–Trinajstić information content (AvgIpc) is 3.38. The SMILES string of the molecule is CC(C)(C)OC(=O)NCC(=O)OCc1ccc(F)cc1-c1ccc2nc(N)nc(C(=O)N3Cc4ccccc4C3)c2c1. The van der Waals surface area contributed by atoms with E-state index in [0.29, 0.717) is 40.7 Å².